The molecule has 0 saturated heterocycles. The molecule has 2 aromatic heterocycles. The summed E-state index contributed by atoms with van der Waals surface area (Å²) in [5, 5.41) is 3.26. The maximum Gasteiger partial charge on any atom is 0.180 e. The standard InChI is InChI=1S/C12H20N6O/c1-4-19-12(2,3)8-15-10-11-14-5-6-18(11)7-9(16-10)17-13/h5-7,17H,4,8,13H2,1-3H3,(H,15,16). The Hall–Kier alpha value is -1.86. The fourth-order valence-corrected chi connectivity index (χ4v) is 1.86. The summed E-state index contributed by atoms with van der Waals surface area (Å²) in [5.74, 6) is 6.66. The van der Waals surface area contributed by atoms with Crippen LogP contribution >= 0.6 is 0 Å². The molecular weight excluding hydrogens is 244 g/mol. The zero-order chi connectivity index (χ0) is 13.9. The second kappa shape index (κ2) is 5.41. The van der Waals surface area contributed by atoms with Gasteiger partial charge in [0, 0.05) is 25.5 Å². The molecule has 7 nitrogen and oxygen atoms in total. The van der Waals surface area contributed by atoms with Crippen LogP contribution in [0.4, 0.5) is 11.6 Å². The number of hydrazine groups is 1. The molecule has 2 heterocycles. The van der Waals surface area contributed by atoms with E-state index in [0.717, 1.165) is 5.65 Å². The normalized spacial score (nSPS) is 11.8. The molecule has 0 saturated carbocycles. The van der Waals surface area contributed by atoms with Crippen LogP contribution in [-0.2, 0) is 4.74 Å². The summed E-state index contributed by atoms with van der Waals surface area (Å²) in [7, 11) is 0. The summed E-state index contributed by atoms with van der Waals surface area (Å²) in [4.78, 5) is 8.64. The zero-order valence-electron chi connectivity index (χ0n) is 11.5. The Morgan fingerprint density at radius 2 is 2.26 bits per heavy atom. The van der Waals surface area contributed by atoms with Gasteiger partial charge in [0.1, 0.15) is 0 Å². The number of nitrogen functional groups attached to an aromatic ring is 1. The quantitative estimate of drug-likeness (QED) is 0.537. The highest BCUT2D eigenvalue weighted by atomic mass is 16.5. The summed E-state index contributed by atoms with van der Waals surface area (Å²) in [5.41, 5.74) is 3.02. The predicted molar refractivity (Wildman–Crippen MR) is 75.0 cm³/mol. The van der Waals surface area contributed by atoms with Crippen LogP contribution in [0.2, 0.25) is 0 Å². The number of ether oxygens (including phenoxy) is 1. The Morgan fingerprint density at radius 3 is 2.95 bits per heavy atom. The minimum absolute atomic E-state index is 0.272. The van der Waals surface area contributed by atoms with Gasteiger partial charge in [0.05, 0.1) is 11.8 Å². The third-order valence-electron chi connectivity index (χ3n) is 2.74. The molecule has 0 radical (unpaired) electrons. The molecule has 2 aromatic rings. The van der Waals surface area contributed by atoms with Gasteiger partial charge in [0.2, 0.25) is 0 Å². The van der Waals surface area contributed by atoms with Crippen molar-refractivity contribution in [3.63, 3.8) is 0 Å². The van der Waals surface area contributed by atoms with Crippen LogP contribution in [-0.4, -0.2) is 33.1 Å². The van der Waals surface area contributed by atoms with E-state index >= 15 is 0 Å². The molecule has 104 valence electrons. The van der Waals surface area contributed by atoms with Gasteiger partial charge in [-0.15, -0.1) is 0 Å². The van der Waals surface area contributed by atoms with Crippen molar-refractivity contribution in [3.8, 4) is 0 Å². The van der Waals surface area contributed by atoms with Gasteiger partial charge in [-0.05, 0) is 20.8 Å². The Morgan fingerprint density at radius 1 is 1.47 bits per heavy atom. The third kappa shape index (κ3) is 3.12. The molecule has 0 atom stereocenters. The highest BCUT2D eigenvalue weighted by molar-refractivity contribution is 5.65. The van der Waals surface area contributed by atoms with Gasteiger partial charge in [-0.1, -0.05) is 0 Å². The molecule has 0 fully saturated rings. The summed E-state index contributed by atoms with van der Waals surface area (Å²) in [6, 6.07) is 0. The Bertz CT molecular complexity index is 550. The number of imidazole rings is 1. The number of anilines is 2. The summed E-state index contributed by atoms with van der Waals surface area (Å²) in [6.07, 6.45) is 5.34. The van der Waals surface area contributed by atoms with E-state index < -0.39 is 0 Å². The molecule has 0 spiro atoms. The number of hydrogen-bond donors (Lipinski definition) is 3. The second-order valence-electron chi connectivity index (χ2n) is 4.82. The van der Waals surface area contributed by atoms with Gasteiger partial charge in [0.25, 0.3) is 0 Å². The second-order valence-corrected chi connectivity index (χ2v) is 4.82. The van der Waals surface area contributed by atoms with E-state index in [2.05, 4.69) is 20.7 Å². The lowest BCUT2D eigenvalue weighted by Crippen LogP contribution is -2.33. The fourth-order valence-electron chi connectivity index (χ4n) is 1.86. The molecule has 7 heteroatoms. The van der Waals surface area contributed by atoms with Crippen LogP contribution in [0.5, 0.6) is 0 Å². The lowest BCUT2D eigenvalue weighted by molar-refractivity contribution is 0.000659. The van der Waals surface area contributed by atoms with Crippen LogP contribution < -0.4 is 16.6 Å². The summed E-state index contributed by atoms with van der Waals surface area (Å²) in [6.45, 7) is 7.33. The van der Waals surface area contributed by atoms with E-state index in [9.17, 15) is 0 Å². The van der Waals surface area contributed by atoms with Crippen LogP contribution in [0.3, 0.4) is 0 Å². The predicted octanol–water partition coefficient (Wildman–Crippen LogP) is 1.24. The van der Waals surface area contributed by atoms with Crippen LogP contribution in [0, 0.1) is 0 Å². The summed E-state index contributed by atoms with van der Waals surface area (Å²) < 4.78 is 7.50. The van der Waals surface area contributed by atoms with Crippen molar-refractivity contribution in [2.75, 3.05) is 23.9 Å². The van der Waals surface area contributed by atoms with Crippen molar-refractivity contribution in [2.45, 2.75) is 26.4 Å². The number of hydrogen-bond acceptors (Lipinski definition) is 6. The first-order valence-electron chi connectivity index (χ1n) is 6.24. The van der Waals surface area contributed by atoms with E-state index in [1.165, 1.54) is 0 Å². The molecule has 2 rings (SSSR count). The number of aromatic nitrogens is 3. The molecule has 0 amide bonds. The first-order chi connectivity index (χ1) is 9.05. The van der Waals surface area contributed by atoms with E-state index in [1.807, 2.05) is 31.4 Å². The molecule has 0 aliphatic carbocycles. The lowest BCUT2D eigenvalue weighted by Gasteiger charge is -2.25. The molecule has 0 aliphatic rings. The largest absolute Gasteiger partial charge is 0.374 e. The molecule has 4 N–H and O–H groups in total. The third-order valence-corrected chi connectivity index (χ3v) is 2.74. The first kappa shape index (κ1) is 13.6. The van der Waals surface area contributed by atoms with Gasteiger partial charge in [-0.2, -0.15) is 0 Å². The molecule has 0 unspecified atom stereocenters. The monoisotopic (exact) mass is 264 g/mol. The Balaban J connectivity index is 2.22. The fraction of sp³-hybridized carbons (Fsp3) is 0.500. The smallest absolute Gasteiger partial charge is 0.180 e. The van der Waals surface area contributed by atoms with E-state index in [1.54, 1.807) is 12.4 Å². The van der Waals surface area contributed by atoms with Gasteiger partial charge in [0.15, 0.2) is 17.3 Å². The SMILES string of the molecule is CCOC(C)(C)CNc1nc(NN)cn2ccnc12. The number of nitrogens with two attached hydrogens (primary N) is 1. The molecule has 0 aromatic carbocycles. The van der Waals surface area contributed by atoms with Crippen LogP contribution in [0.1, 0.15) is 20.8 Å². The van der Waals surface area contributed by atoms with E-state index in [4.69, 9.17) is 10.6 Å². The number of fused-ring (bicyclic) bond motifs is 1. The molecule has 0 aliphatic heterocycles. The van der Waals surface area contributed by atoms with E-state index in [0.29, 0.717) is 24.8 Å². The highest BCUT2D eigenvalue weighted by Crippen LogP contribution is 2.17. The van der Waals surface area contributed by atoms with Crippen molar-refractivity contribution in [3.05, 3.63) is 18.6 Å². The highest BCUT2D eigenvalue weighted by Gasteiger charge is 2.18. The van der Waals surface area contributed by atoms with Crippen molar-refractivity contribution >= 4 is 17.3 Å². The number of nitrogens with one attached hydrogen (secondary N) is 2. The maximum absolute atomic E-state index is 5.64. The minimum atomic E-state index is -0.272. The van der Waals surface area contributed by atoms with Crippen molar-refractivity contribution in [2.24, 2.45) is 5.84 Å². The zero-order valence-corrected chi connectivity index (χ0v) is 11.5. The van der Waals surface area contributed by atoms with Crippen LogP contribution in [0.25, 0.3) is 5.65 Å². The number of rotatable bonds is 6. The van der Waals surface area contributed by atoms with Crippen molar-refractivity contribution in [1.29, 1.82) is 0 Å². The van der Waals surface area contributed by atoms with E-state index in [-0.39, 0.29) is 5.60 Å². The van der Waals surface area contributed by atoms with Gasteiger partial charge in [-0.25, -0.2) is 15.8 Å². The Labute approximate surface area is 112 Å². The molecule has 0 bridgehead atoms. The lowest BCUT2D eigenvalue weighted by atomic mass is 10.1. The number of nitrogens with zero attached hydrogens (tertiary/aromatic N) is 3. The van der Waals surface area contributed by atoms with Gasteiger partial charge in [-0.3, -0.25) is 0 Å². The van der Waals surface area contributed by atoms with Gasteiger partial charge >= 0.3 is 0 Å². The molecular formula is C12H20N6O. The topological polar surface area (TPSA) is 89.5 Å². The average Bonchev–Trinajstić information content (AvgIpc) is 2.83. The first-order valence-corrected chi connectivity index (χ1v) is 6.24. The van der Waals surface area contributed by atoms with Crippen molar-refractivity contribution in [1.82, 2.24) is 14.4 Å². The van der Waals surface area contributed by atoms with Crippen molar-refractivity contribution < 1.29 is 4.74 Å². The Kier molecular flexibility index (Phi) is 3.87. The van der Waals surface area contributed by atoms with Crippen LogP contribution in [0.15, 0.2) is 18.6 Å². The minimum Gasteiger partial charge on any atom is -0.374 e. The van der Waals surface area contributed by atoms with Gasteiger partial charge < -0.3 is 19.9 Å². The maximum atomic E-state index is 5.64. The summed E-state index contributed by atoms with van der Waals surface area (Å²) >= 11 is 0. The average molecular weight is 264 g/mol. The molecule has 19 heavy (non-hydrogen) atoms.